The molecule has 2 atom stereocenters. The van der Waals surface area contributed by atoms with Gasteiger partial charge in [-0.05, 0) is 18.8 Å². The number of carbonyl (C=O) groups is 2. The van der Waals surface area contributed by atoms with E-state index in [1.807, 2.05) is 30.3 Å². The summed E-state index contributed by atoms with van der Waals surface area (Å²) in [5.41, 5.74) is 0.803. The first-order valence-electron chi connectivity index (χ1n) is 7.82. The highest BCUT2D eigenvalue weighted by Crippen LogP contribution is 2.25. The molecule has 2 fully saturated rings. The number of nitrogens with one attached hydrogen (secondary N) is 1. The van der Waals surface area contributed by atoms with Crippen LogP contribution in [-0.2, 0) is 4.79 Å². The number of Topliss-reactive ketones (excluding diaryl/α,β-unsaturated/α-hetero) is 1. The molecule has 2 aliphatic rings. The second kappa shape index (κ2) is 6.39. The lowest BCUT2D eigenvalue weighted by Gasteiger charge is -2.41. The number of piperidine rings is 2. The van der Waals surface area contributed by atoms with Crippen LogP contribution >= 0.6 is 0 Å². The highest BCUT2D eigenvalue weighted by Gasteiger charge is 2.33. The van der Waals surface area contributed by atoms with E-state index in [1.165, 1.54) is 0 Å². The molecule has 0 saturated carbocycles. The molecule has 2 unspecified atom stereocenters. The van der Waals surface area contributed by atoms with Gasteiger partial charge in [-0.25, -0.2) is 0 Å². The van der Waals surface area contributed by atoms with Crippen molar-refractivity contribution in [2.24, 2.45) is 5.92 Å². The van der Waals surface area contributed by atoms with Crippen LogP contribution in [0.25, 0.3) is 0 Å². The van der Waals surface area contributed by atoms with Gasteiger partial charge in [0.15, 0.2) is 5.78 Å². The molecule has 1 N–H and O–H groups in total. The van der Waals surface area contributed by atoms with Crippen molar-refractivity contribution in [1.29, 1.82) is 0 Å². The van der Waals surface area contributed by atoms with E-state index in [0.717, 1.165) is 38.0 Å². The largest absolute Gasteiger partial charge is 0.353 e. The molecule has 1 aromatic carbocycles. The quantitative estimate of drug-likeness (QED) is 0.860. The lowest BCUT2D eigenvalue weighted by molar-refractivity contribution is -0.125. The summed E-state index contributed by atoms with van der Waals surface area (Å²) in [6.07, 6.45) is 3.22. The van der Waals surface area contributed by atoms with Crippen LogP contribution in [0.15, 0.2) is 30.3 Å². The number of carbonyl (C=O) groups excluding carboxylic acids is 2. The van der Waals surface area contributed by atoms with Crippen LogP contribution < -0.4 is 5.32 Å². The monoisotopic (exact) mass is 286 g/mol. The molecule has 4 heteroatoms. The summed E-state index contributed by atoms with van der Waals surface area (Å²) in [4.78, 5) is 25.9. The molecule has 0 radical (unpaired) electrons. The van der Waals surface area contributed by atoms with E-state index in [4.69, 9.17) is 0 Å². The van der Waals surface area contributed by atoms with E-state index in [9.17, 15) is 9.59 Å². The number of rotatable bonds is 4. The van der Waals surface area contributed by atoms with Gasteiger partial charge >= 0.3 is 0 Å². The van der Waals surface area contributed by atoms with Crippen LogP contribution in [0.1, 0.15) is 36.0 Å². The molecule has 0 spiro atoms. The zero-order valence-corrected chi connectivity index (χ0v) is 12.3. The number of amides is 1. The number of hydrogen-bond acceptors (Lipinski definition) is 3. The maximum atomic E-state index is 12.1. The third-order valence-corrected chi connectivity index (χ3v) is 4.66. The van der Waals surface area contributed by atoms with Gasteiger partial charge in [0, 0.05) is 44.1 Å². The summed E-state index contributed by atoms with van der Waals surface area (Å²) >= 11 is 0. The van der Waals surface area contributed by atoms with Crippen molar-refractivity contribution >= 4 is 11.7 Å². The first kappa shape index (κ1) is 14.3. The Hall–Kier alpha value is -1.68. The van der Waals surface area contributed by atoms with Gasteiger partial charge < -0.3 is 10.2 Å². The van der Waals surface area contributed by atoms with Crippen molar-refractivity contribution in [1.82, 2.24) is 10.2 Å². The molecular weight excluding hydrogens is 264 g/mol. The van der Waals surface area contributed by atoms with Crippen molar-refractivity contribution in [2.45, 2.75) is 31.7 Å². The van der Waals surface area contributed by atoms with Crippen molar-refractivity contribution in [3.05, 3.63) is 35.9 Å². The molecule has 1 amide bonds. The van der Waals surface area contributed by atoms with E-state index in [1.54, 1.807) is 0 Å². The van der Waals surface area contributed by atoms with Gasteiger partial charge in [0.25, 0.3) is 0 Å². The molecule has 0 aliphatic carbocycles. The Morgan fingerprint density at radius 2 is 2.05 bits per heavy atom. The number of ketones is 1. The van der Waals surface area contributed by atoms with Gasteiger partial charge in [-0.1, -0.05) is 30.3 Å². The summed E-state index contributed by atoms with van der Waals surface area (Å²) in [6, 6.07) is 9.86. The van der Waals surface area contributed by atoms with Crippen LogP contribution in [0.2, 0.25) is 0 Å². The highest BCUT2D eigenvalue weighted by atomic mass is 16.1. The predicted molar refractivity (Wildman–Crippen MR) is 81.1 cm³/mol. The molecule has 2 heterocycles. The van der Waals surface area contributed by atoms with Crippen LogP contribution in [-0.4, -0.2) is 42.3 Å². The van der Waals surface area contributed by atoms with Crippen LogP contribution in [0, 0.1) is 5.92 Å². The van der Waals surface area contributed by atoms with Crippen molar-refractivity contribution in [2.75, 3.05) is 19.6 Å². The van der Waals surface area contributed by atoms with Gasteiger partial charge in [0.1, 0.15) is 0 Å². The topological polar surface area (TPSA) is 49.4 Å². The first-order chi connectivity index (χ1) is 10.2. The van der Waals surface area contributed by atoms with Crippen LogP contribution in [0.5, 0.6) is 0 Å². The number of fused-ring (bicyclic) bond motifs is 1. The van der Waals surface area contributed by atoms with Crippen LogP contribution in [0.4, 0.5) is 0 Å². The molecule has 0 bridgehead atoms. The molecule has 1 aromatic rings. The standard InChI is InChI=1S/C17H22N2O2/c20-16(13-4-2-1-3-5-13)9-11-19-10-8-15-14(12-19)6-7-17(21)18-15/h1-5,14-15H,6-12H2,(H,18,21). The molecule has 3 rings (SSSR count). The number of hydrogen-bond donors (Lipinski definition) is 1. The SMILES string of the molecule is O=C1CCC2CN(CCC(=O)c3ccccc3)CCC2N1. The Labute approximate surface area is 125 Å². The Kier molecular flexibility index (Phi) is 4.34. The molecule has 21 heavy (non-hydrogen) atoms. The number of benzene rings is 1. The second-order valence-electron chi connectivity index (χ2n) is 6.10. The summed E-state index contributed by atoms with van der Waals surface area (Å²) in [7, 11) is 0. The van der Waals surface area contributed by atoms with Crippen molar-refractivity contribution < 1.29 is 9.59 Å². The number of likely N-dealkylation sites (tertiary alicyclic amines) is 1. The minimum atomic E-state index is 0.198. The third kappa shape index (κ3) is 3.50. The van der Waals surface area contributed by atoms with Gasteiger partial charge in [-0.2, -0.15) is 0 Å². The fourth-order valence-corrected chi connectivity index (χ4v) is 3.42. The Bertz CT molecular complexity index is 515. The molecular formula is C17H22N2O2. The van der Waals surface area contributed by atoms with Crippen molar-refractivity contribution in [3.8, 4) is 0 Å². The van der Waals surface area contributed by atoms with E-state index in [-0.39, 0.29) is 11.7 Å². The maximum Gasteiger partial charge on any atom is 0.220 e. The minimum Gasteiger partial charge on any atom is -0.353 e. The first-order valence-corrected chi connectivity index (χ1v) is 7.82. The third-order valence-electron chi connectivity index (χ3n) is 4.66. The lowest BCUT2D eigenvalue weighted by atomic mass is 9.85. The summed E-state index contributed by atoms with van der Waals surface area (Å²) < 4.78 is 0. The summed E-state index contributed by atoms with van der Waals surface area (Å²) in [5.74, 6) is 0.974. The van der Waals surface area contributed by atoms with Gasteiger partial charge in [-0.15, -0.1) is 0 Å². The maximum absolute atomic E-state index is 12.1. The van der Waals surface area contributed by atoms with E-state index in [2.05, 4.69) is 10.2 Å². The van der Waals surface area contributed by atoms with Gasteiger partial charge in [-0.3, -0.25) is 9.59 Å². The fourth-order valence-electron chi connectivity index (χ4n) is 3.42. The average molecular weight is 286 g/mol. The molecule has 112 valence electrons. The molecule has 2 saturated heterocycles. The van der Waals surface area contributed by atoms with E-state index >= 15 is 0 Å². The molecule has 2 aliphatic heterocycles. The second-order valence-corrected chi connectivity index (χ2v) is 6.10. The minimum absolute atomic E-state index is 0.198. The normalized spacial score (nSPS) is 26.0. The smallest absolute Gasteiger partial charge is 0.220 e. The zero-order valence-electron chi connectivity index (χ0n) is 12.3. The molecule has 4 nitrogen and oxygen atoms in total. The highest BCUT2D eigenvalue weighted by molar-refractivity contribution is 5.96. The van der Waals surface area contributed by atoms with Gasteiger partial charge in [0.2, 0.25) is 5.91 Å². The summed E-state index contributed by atoms with van der Waals surface area (Å²) in [5, 5.41) is 3.10. The number of nitrogens with zero attached hydrogens (tertiary/aromatic N) is 1. The zero-order chi connectivity index (χ0) is 14.7. The Balaban J connectivity index is 1.49. The average Bonchev–Trinajstić information content (AvgIpc) is 2.53. The lowest BCUT2D eigenvalue weighted by Crippen LogP contribution is -2.54. The van der Waals surface area contributed by atoms with E-state index in [0.29, 0.717) is 24.8 Å². The van der Waals surface area contributed by atoms with Crippen LogP contribution in [0.3, 0.4) is 0 Å². The van der Waals surface area contributed by atoms with E-state index < -0.39 is 0 Å². The molecule has 0 aromatic heterocycles. The van der Waals surface area contributed by atoms with Crippen molar-refractivity contribution in [3.63, 3.8) is 0 Å². The fraction of sp³-hybridized carbons (Fsp3) is 0.529. The Morgan fingerprint density at radius 1 is 1.24 bits per heavy atom. The Morgan fingerprint density at radius 3 is 2.86 bits per heavy atom. The predicted octanol–water partition coefficient (Wildman–Crippen LogP) is 1.86. The van der Waals surface area contributed by atoms with Gasteiger partial charge in [0.05, 0.1) is 0 Å². The summed E-state index contributed by atoms with van der Waals surface area (Å²) in [6.45, 7) is 2.81.